The van der Waals surface area contributed by atoms with Crippen molar-refractivity contribution < 1.29 is 4.79 Å². The minimum absolute atomic E-state index is 0.0612. The van der Waals surface area contributed by atoms with Gasteiger partial charge in [-0.05, 0) is 48.0 Å². The third-order valence-corrected chi connectivity index (χ3v) is 3.75. The van der Waals surface area contributed by atoms with Gasteiger partial charge in [0.05, 0.1) is 11.6 Å². The first-order chi connectivity index (χ1) is 7.91. The van der Waals surface area contributed by atoms with Crippen LogP contribution in [0.2, 0.25) is 5.02 Å². The van der Waals surface area contributed by atoms with Gasteiger partial charge in [0.15, 0.2) is 0 Å². The number of nitrogens with zero attached hydrogens (tertiary/aromatic N) is 1. The molecule has 0 unspecified atom stereocenters. The lowest BCUT2D eigenvalue weighted by molar-refractivity contribution is -0.129. The fraction of sp³-hybridized carbons (Fsp3) is 0.417. The Kier molecular flexibility index (Phi) is 5.28. The number of hydrogen-bond donors (Lipinski definition) is 1. The van der Waals surface area contributed by atoms with E-state index >= 15 is 0 Å². The minimum Gasteiger partial charge on any atom is -0.376 e. The highest BCUT2D eigenvalue weighted by Gasteiger charge is 2.11. The van der Waals surface area contributed by atoms with Crippen molar-refractivity contribution in [1.82, 2.24) is 4.90 Å². The van der Waals surface area contributed by atoms with Crippen molar-refractivity contribution in [3.8, 4) is 0 Å². The van der Waals surface area contributed by atoms with E-state index in [0.717, 1.165) is 10.2 Å². The fourth-order valence-corrected chi connectivity index (χ4v) is 1.69. The number of amides is 1. The number of hydrogen-bond acceptors (Lipinski definition) is 2. The second-order valence-electron chi connectivity index (χ2n) is 4.08. The lowest BCUT2D eigenvalue weighted by Gasteiger charge is -2.21. The number of anilines is 1. The van der Waals surface area contributed by atoms with Gasteiger partial charge in [0.1, 0.15) is 0 Å². The summed E-state index contributed by atoms with van der Waals surface area (Å²) in [5, 5.41) is 3.72. The van der Waals surface area contributed by atoms with Crippen LogP contribution < -0.4 is 5.32 Å². The SMILES string of the molecule is CC(C)N(C)C(=O)CNc1ccc(Cl)c(Br)c1. The quantitative estimate of drug-likeness (QED) is 0.922. The van der Waals surface area contributed by atoms with Gasteiger partial charge in [-0.2, -0.15) is 0 Å². The summed E-state index contributed by atoms with van der Waals surface area (Å²) in [6.45, 7) is 4.25. The van der Waals surface area contributed by atoms with Gasteiger partial charge >= 0.3 is 0 Å². The first-order valence-corrected chi connectivity index (χ1v) is 6.53. The van der Waals surface area contributed by atoms with Gasteiger partial charge in [-0.3, -0.25) is 4.79 Å². The molecule has 1 aromatic carbocycles. The molecule has 1 rings (SSSR count). The zero-order valence-corrected chi connectivity index (χ0v) is 12.5. The van der Waals surface area contributed by atoms with Crippen molar-refractivity contribution in [2.24, 2.45) is 0 Å². The Hall–Kier alpha value is -0.740. The second-order valence-corrected chi connectivity index (χ2v) is 5.34. The third kappa shape index (κ3) is 4.21. The summed E-state index contributed by atoms with van der Waals surface area (Å²) < 4.78 is 0.814. The molecule has 0 saturated heterocycles. The molecule has 1 aromatic rings. The Morgan fingerprint density at radius 2 is 2.18 bits per heavy atom. The molecular formula is C12H16BrClN2O. The number of halogens is 2. The lowest BCUT2D eigenvalue weighted by Crippen LogP contribution is -2.37. The summed E-state index contributed by atoms with van der Waals surface area (Å²) in [4.78, 5) is 13.4. The smallest absolute Gasteiger partial charge is 0.241 e. The van der Waals surface area contributed by atoms with E-state index in [1.165, 1.54) is 0 Å². The summed E-state index contributed by atoms with van der Waals surface area (Å²) in [5.74, 6) is 0.0612. The first-order valence-electron chi connectivity index (χ1n) is 5.36. The van der Waals surface area contributed by atoms with Crippen molar-refractivity contribution in [2.45, 2.75) is 19.9 Å². The molecule has 1 amide bonds. The highest BCUT2D eigenvalue weighted by atomic mass is 79.9. The summed E-state index contributed by atoms with van der Waals surface area (Å²) >= 11 is 9.22. The number of carbonyl (C=O) groups excluding carboxylic acids is 1. The maximum absolute atomic E-state index is 11.7. The minimum atomic E-state index is 0.0612. The van der Waals surface area contributed by atoms with Crippen LogP contribution in [0.25, 0.3) is 0 Å². The Morgan fingerprint density at radius 3 is 2.71 bits per heavy atom. The number of nitrogens with one attached hydrogen (secondary N) is 1. The number of likely N-dealkylation sites (N-methyl/N-ethyl adjacent to an activating group) is 1. The van der Waals surface area contributed by atoms with Gasteiger partial charge in [-0.1, -0.05) is 11.6 Å². The average Bonchev–Trinajstić information content (AvgIpc) is 2.29. The molecule has 0 aromatic heterocycles. The summed E-state index contributed by atoms with van der Waals surface area (Å²) in [7, 11) is 1.80. The summed E-state index contributed by atoms with van der Waals surface area (Å²) in [5.41, 5.74) is 0.867. The predicted molar refractivity (Wildman–Crippen MR) is 75.5 cm³/mol. The normalized spacial score (nSPS) is 10.5. The van der Waals surface area contributed by atoms with E-state index < -0.39 is 0 Å². The Morgan fingerprint density at radius 1 is 1.53 bits per heavy atom. The Balaban J connectivity index is 2.56. The largest absolute Gasteiger partial charge is 0.376 e. The fourth-order valence-electron chi connectivity index (χ4n) is 1.20. The zero-order chi connectivity index (χ0) is 13.0. The highest BCUT2D eigenvalue weighted by Crippen LogP contribution is 2.25. The first kappa shape index (κ1) is 14.3. The van der Waals surface area contributed by atoms with Crippen LogP contribution in [-0.2, 0) is 4.79 Å². The van der Waals surface area contributed by atoms with Crippen LogP contribution in [0.3, 0.4) is 0 Å². The molecule has 0 saturated carbocycles. The molecule has 1 N–H and O–H groups in total. The monoisotopic (exact) mass is 318 g/mol. The topological polar surface area (TPSA) is 32.3 Å². The van der Waals surface area contributed by atoms with E-state index in [4.69, 9.17) is 11.6 Å². The number of benzene rings is 1. The highest BCUT2D eigenvalue weighted by molar-refractivity contribution is 9.10. The standard InChI is InChI=1S/C12H16BrClN2O/c1-8(2)16(3)12(17)7-15-9-4-5-11(14)10(13)6-9/h4-6,8,15H,7H2,1-3H3. The van der Waals surface area contributed by atoms with Gasteiger partial charge < -0.3 is 10.2 Å². The van der Waals surface area contributed by atoms with Crippen LogP contribution in [0, 0.1) is 0 Å². The van der Waals surface area contributed by atoms with Crippen molar-refractivity contribution >= 4 is 39.1 Å². The molecule has 0 atom stereocenters. The maximum Gasteiger partial charge on any atom is 0.241 e. The maximum atomic E-state index is 11.7. The molecule has 0 aliphatic heterocycles. The lowest BCUT2D eigenvalue weighted by atomic mass is 10.3. The summed E-state index contributed by atoms with van der Waals surface area (Å²) in [6.07, 6.45) is 0. The van der Waals surface area contributed by atoms with E-state index in [1.807, 2.05) is 26.0 Å². The molecular weight excluding hydrogens is 304 g/mol. The van der Waals surface area contributed by atoms with Gasteiger partial charge in [-0.15, -0.1) is 0 Å². The molecule has 0 aliphatic carbocycles. The van der Waals surface area contributed by atoms with E-state index in [2.05, 4.69) is 21.2 Å². The molecule has 0 spiro atoms. The Bertz CT molecular complexity index is 409. The number of rotatable bonds is 4. The molecule has 0 radical (unpaired) electrons. The van der Waals surface area contributed by atoms with E-state index in [-0.39, 0.29) is 18.5 Å². The predicted octanol–water partition coefficient (Wildman–Crippen LogP) is 3.38. The van der Waals surface area contributed by atoms with Gasteiger partial charge in [-0.25, -0.2) is 0 Å². The van der Waals surface area contributed by atoms with Crippen LogP contribution in [0.15, 0.2) is 22.7 Å². The molecule has 0 fully saturated rings. The second kappa shape index (κ2) is 6.26. The molecule has 5 heteroatoms. The van der Waals surface area contributed by atoms with Crippen molar-refractivity contribution in [3.05, 3.63) is 27.7 Å². The molecule has 3 nitrogen and oxygen atoms in total. The third-order valence-electron chi connectivity index (χ3n) is 2.53. The van der Waals surface area contributed by atoms with Gasteiger partial charge in [0.25, 0.3) is 0 Å². The molecule has 17 heavy (non-hydrogen) atoms. The molecule has 0 heterocycles. The Labute approximate surface area is 115 Å². The average molecular weight is 320 g/mol. The van der Waals surface area contributed by atoms with Crippen molar-refractivity contribution in [3.63, 3.8) is 0 Å². The molecule has 0 bridgehead atoms. The van der Waals surface area contributed by atoms with Crippen LogP contribution >= 0.6 is 27.5 Å². The van der Waals surface area contributed by atoms with Gasteiger partial charge in [0, 0.05) is 23.2 Å². The number of carbonyl (C=O) groups is 1. The van der Waals surface area contributed by atoms with Gasteiger partial charge in [0.2, 0.25) is 5.91 Å². The van der Waals surface area contributed by atoms with Crippen LogP contribution in [0.4, 0.5) is 5.69 Å². The van der Waals surface area contributed by atoms with Crippen LogP contribution in [0.5, 0.6) is 0 Å². The van der Waals surface area contributed by atoms with E-state index in [0.29, 0.717) is 5.02 Å². The van der Waals surface area contributed by atoms with E-state index in [1.54, 1.807) is 18.0 Å². The van der Waals surface area contributed by atoms with Crippen molar-refractivity contribution in [2.75, 3.05) is 18.9 Å². The van der Waals surface area contributed by atoms with E-state index in [9.17, 15) is 4.79 Å². The van der Waals surface area contributed by atoms with Crippen LogP contribution in [0.1, 0.15) is 13.8 Å². The summed E-state index contributed by atoms with van der Waals surface area (Å²) in [6, 6.07) is 5.69. The molecule has 94 valence electrons. The van der Waals surface area contributed by atoms with Crippen molar-refractivity contribution in [1.29, 1.82) is 0 Å². The molecule has 0 aliphatic rings. The zero-order valence-electron chi connectivity index (χ0n) is 10.1. The van der Waals surface area contributed by atoms with Crippen LogP contribution in [-0.4, -0.2) is 30.4 Å².